The van der Waals surface area contributed by atoms with E-state index in [0.717, 1.165) is 23.4 Å². The van der Waals surface area contributed by atoms with Gasteiger partial charge in [-0.1, -0.05) is 12.1 Å². The first-order valence-corrected chi connectivity index (χ1v) is 8.30. The number of halogens is 3. The van der Waals surface area contributed by atoms with Gasteiger partial charge < -0.3 is 15.5 Å². The molecule has 0 aliphatic rings. The van der Waals surface area contributed by atoms with E-state index in [1.807, 2.05) is 6.07 Å². The highest BCUT2D eigenvalue weighted by Crippen LogP contribution is 2.28. The summed E-state index contributed by atoms with van der Waals surface area (Å²) in [5.41, 5.74) is -0.326. The van der Waals surface area contributed by atoms with Crippen molar-refractivity contribution in [2.45, 2.75) is 25.2 Å². The normalized spacial score (nSPS) is 13.9. The van der Waals surface area contributed by atoms with Crippen molar-refractivity contribution in [3.8, 4) is 11.1 Å². The lowest BCUT2D eigenvalue weighted by atomic mass is 10.1. The molecule has 148 valence electrons. The molecule has 0 aliphatic heterocycles. The lowest BCUT2D eigenvalue weighted by Gasteiger charge is -2.19. The molecule has 0 spiro atoms. The third-order valence-electron chi connectivity index (χ3n) is 3.87. The Bertz CT molecular complexity index is 956. The van der Waals surface area contributed by atoms with Gasteiger partial charge in [0.25, 0.3) is 0 Å². The second-order valence-corrected chi connectivity index (χ2v) is 6.55. The zero-order chi connectivity index (χ0) is 20.4. The lowest BCUT2D eigenvalue weighted by Crippen LogP contribution is -2.34. The molecule has 28 heavy (non-hydrogen) atoms. The fourth-order valence-corrected chi connectivity index (χ4v) is 2.48. The van der Waals surface area contributed by atoms with Gasteiger partial charge in [0.1, 0.15) is 11.3 Å². The van der Waals surface area contributed by atoms with E-state index in [1.54, 1.807) is 30.6 Å². The number of rotatable bonds is 6. The molecule has 0 bridgehead atoms. The zero-order valence-corrected chi connectivity index (χ0v) is 14.9. The molecule has 3 N–H and O–H groups in total. The van der Waals surface area contributed by atoms with Crippen LogP contribution in [0.1, 0.15) is 12.6 Å². The summed E-state index contributed by atoms with van der Waals surface area (Å²) in [7, 11) is 0. The number of benzene rings is 1. The maximum Gasteiger partial charge on any atom is 0.433 e. The van der Waals surface area contributed by atoms with Crippen molar-refractivity contribution in [2.24, 2.45) is 0 Å². The van der Waals surface area contributed by atoms with Crippen LogP contribution in [-0.2, 0) is 12.7 Å². The fraction of sp³-hybridized carbons (Fsp3) is 0.278. The number of hydrogen-bond donors (Lipinski definition) is 3. The summed E-state index contributed by atoms with van der Waals surface area (Å²) >= 11 is 0. The van der Waals surface area contributed by atoms with Crippen molar-refractivity contribution in [3.05, 3.63) is 54.6 Å². The molecule has 1 aromatic carbocycles. The van der Waals surface area contributed by atoms with E-state index < -0.39 is 24.1 Å². The molecule has 10 heteroatoms. The second-order valence-electron chi connectivity index (χ2n) is 6.55. The van der Waals surface area contributed by atoms with Crippen molar-refractivity contribution in [2.75, 3.05) is 11.9 Å². The van der Waals surface area contributed by atoms with E-state index in [0.29, 0.717) is 5.69 Å². The lowest BCUT2D eigenvalue weighted by molar-refractivity contribution is -0.141. The monoisotopic (exact) mass is 393 g/mol. The summed E-state index contributed by atoms with van der Waals surface area (Å²) in [5, 5.41) is 26.0. The maximum atomic E-state index is 12.8. The predicted octanol–water partition coefficient (Wildman–Crippen LogP) is 2.85. The van der Waals surface area contributed by atoms with Gasteiger partial charge in [-0.3, -0.25) is 4.68 Å². The Morgan fingerprint density at radius 3 is 2.68 bits per heavy atom. The van der Waals surface area contributed by atoms with Crippen LogP contribution >= 0.6 is 0 Å². The number of hydrogen-bond acceptors (Lipinski definition) is 6. The van der Waals surface area contributed by atoms with Crippen LogP contribution < -0.4 is 5.32 Å². The van der Waals surface area contributed by atoms with Crippen molar-refractivity contribution in [1.29, 1.82) is 0 Å². The third-order valence-corrected chi connectivity index (χ3v) is 3.87. The van der Waals surface area contributed by atoms with Crippen LogP contribution in [0, 0.1) is 0 Å². The van der Waals surface area contributed by atoms with Crippen LogP contribution in [0.25, 0.3) is 11.1 Å². The number of alkyl halides is 3. The Balaban J connectivity index is 1.79. The smallest absolute Gasteiger partial charge is 0.393 e. The number of aliphatic hydroxyl groups excluding tert-OH is 1. The van der Waals surface area contributed by atoms with Crippen LogP contribution in [0.15, 0.2) is 48.9 Å². The highest BCUT2D eigenvalue weighted by molar-refractivity contribution is 5.68. The summed E-state index contributed by atoms with van der Waals surface area (Å²) in [5.74, 6) is -0.165. The Hall–Kier alpha value is -2.98. The predicted molar refractivity (Wildman–Crippen MR) is 95.7 cm³/mol. The zero-order valence-electron chi connectivity index (χ0n) is 14.9. The SMILES string of the molecule is CC(O)(CO)Cn1cc(-c2cccc(Nc3nccc(C(F)(F)F)n3)c2)cn1. The summed E-state index contributed by atoms with van der Waals surface area (Å²) in [6.07, 6.45) is -0.220. The number of nitrogens with one attached hydrogen (secondary N) is 1. The van der Waals surface area contributed by atoms with Crippen LogP contribution in [0.3, 0.4) is 0 Å². The minimum atomic E-state index is -4.55. The van der Waals surface area contributed by atoms with Crippen LogP contribution in [0.4, 0.5) is 24.8 Å². The highest BCUT2D eigenvalue weighted by atomic mass is 19.4. The van der Waals surface area contributed by atoms with E-state index in [4.69, 9.17) is 5.11 Å². The minimum absolute atomic E-state index is 0.111. The van der Waals surface area contributed by atoms with E-state index in [9.17, 15) is 18.3 Å². The van der Waals surface area contributed by atoms with Crippen LogP contribution in [-0.4, -0.2) is 42.2 Å². The van der Waals surface area contributed by atoms with Gasteiger partial charge in [-0.2, -0.15) is 18.3 Å². The number of aliphatic hydroxyl groups is 2. The molecule has 2 heterocycles. The number of anilines is 2. The molecule has 1 atom stereocenters. The Kier molecular flexibility index (Phi) is 5.34. The molecular formula is C18H18F3N5O2. The number of nitrogens with zero attached hydrogens (tertiary/aromatic N) is 4. The van der Waals surface area contributed by atoms with Crippen molar-refractivity contribution < 1.29 is 23.4 Å². The van der Waals surface area contributed by atoms with Gasteiger partial charge in [-0.15, -0.1) is 0 Å². The minimum Gasteiger partial charge on any atom is -0.393 e. The van der Waals surface area contributed by atoms with Gasteiger partial charge in [0, 0.05) is 23.6 Å². The molecular weight excluding hydrogens is 375 g/mol. The molecule has 1 unspecified atom stereocenters. The topological polar surface area (TPSA) is 96.1 Å². The molecule has 0 saturated heterocycles. The number of aromatic nitrogens is 4. The fourth-order valence-electron chi connectivity index (χ4n) is 2.48. The molecule has 7 nitrogen and oxygen atoms in total. The van der Waals surface area contributed by atoms with Gasteiger partial charge >= 0.3 is 6.18 Å². The van der Waals surface area contributed by atoms with E-state index in [1.165, 1.54) is 11.6 Å². The molecule has 3 aromatic rings. The first-order valence-electron chi connectivity index (χ1n) is 8.30. The van der Waals surface area contributed by atoms with Gasteiger partial charge in [0.05, 0.1) is 19.3 Å². The largest absolute Gasteiger partial charge is 0.433 e. The van der Waals surface area contributed by atoms with Crippen molar-refractivity contribution in [1.82, 2.24) is 19.7 Å². The van der Waals surface area contributed by atoms with E-state index in [2.05, 4.69) is 20.4 Å². The molecule has 0 aliphatic carbocycles. The molecule has 0 saturated carbocycles. The average Bonchev–Trinajstić information content (AvgIpc) is 3.09. The maximum absolute atomic E-state index is 12.8. The van der Waals surface area contributed by atoms with Gasteiger partial charge in [0.2, 0.25) is 5.95 Å². The molecule has 3 rings (SSSR count). The van der Waals surface area contributed by atoms with Crippen LogP contribution in [0.2, 0.25) is 0 Å². The van der Waals surface area contributed by atoms with Gasteiger partial charge in [0.15, 0.2) is 0 Å². The van der Waals surface area contributed by atoms with Gasteiger partial charge in [-0.25, -0.2) is 9.97 Å². The van der Waals surface area contributed by atoms with E-state index in [-0.39, 0.29) is 12.5 Å². The average molecular weight is 393 g/mol. The second kappa shape index (κ2) is 7.56. The summed E-state index contributed by atoms with van der Waals surface area (Å²) < 4.78 is 39.8. The van der Waals surface area contributed by atoms with Gasteiger partial charge in [-0.05, 0) is 30.7 Å². The standard InChI is InChI=1S/C18H18F3N5O2/c1-17(28,11-27)10-26-9-13(8-23-26)12-3-2-4-14(7-12)24-16-22-6-5-15(25-16)18(19,20)21/h2-9,27-28H,10-11H2,1H3,(H,22,24,25). The summed E-state index contributed by atoms with van der Waals surface area (Å²) in [6.45, 7) is 1.20. The van der Waals surface area contributed by atoms with Crippen LogP contribution in [0.5, 0.6) is 0 Å². The Morgan fingerprint density at radius 1 is 1.18 bits per heavy atom. The Labute approximate surface area is 158 Å². The third kappa shape index (κ3) is 4.84. The summed E-state index contributed by atoms with van der Waals surface area (Å²) in [4.78, 5) is 7.29. The first-order chi connectivity index (χ1) is 13.2. The molecule has 0 radical (unpaired) electrons. The summed E-state index contributed by atoms with van der Waals surface area (Å²) in [6, 6.07) is 7.73. The quantitative estimate of drug-likeness (QED) is 0.596. The molecule has 0 amide bonds. The van der Waals surface area contributed by atoms with Crippen molar-refractivity contribution in [3.63, 3.8) is 0 Å². The van der Waals surface area contributed by atoms with E-state index >= 15 is 0 Å². The highest BCUT2D eigenvalue weighted by Gasteiger charge is 2.32. The Morgan fingerprint density at radius 2 is 1.96 bits per heavy atom. The molecule has 2 aromatic heterocycles. The van der Waals surface area contributed by atoms with Crippen molar-refractivity contribution >= 4 is 11.6 Å². The molecule has 0 fully saturated rings. The first kappa shape index (κ1) is 19.8.